The minimum atomic E-state index is 0.220. The van der Waals surface area contributed by atoms with Crippen LogP contribution in [-0.4, -0.2) is 18.0 Å². The van der Waals surface area contributed by atoms with Crippen molar-refractivity contribution in [3.8, 4) is 0 Å². The molecule has 0 heterocycles. The summed E-state index contributed by atoms with van der Waals surface area (Å²) in [6.07, 6.45) is 7.50. The Balaban J connectivity index is 2.17. The number of nitrogens with one attached hydrogen (secondary N) is 1. The predicted octanol–water partition coefficient (Wildman–Crippen LogP) is 2.83. The summed E-state index contributed by atoms with van der Waals surface area (Å²) in [5.74, 6) is 1.49. The third kappa shape index (κ3) is 5.38. The molecule has 1 aliphatic carbocycles. The summed E-state index contributed by atoms with van der Waals surface area (Å²) in [7, 11) is 0. The average molecular weight is 254 g/mol. The lowest BCUT2D eigenvalue weighted by molar-refractivity contribution is -0.122. The lowest BCUT2D eigenvalue weighted by Crippen LogP contribution is -2.37. The lowest BCUT2D eigenvalue weighted by Gasteiger charge is -2.26. The second-order valence-electron chi connectivity index (χ2n) is 6.06. The number of hydrogen-bond acceptors (Lipinski definition) is 2. The van der Waals surface area contributed by atoms with Crippen molar-refractivity contribution in [1.29, 1.82) is 0 Å². The largest absolute Gasteiger partial charge is 0.353 e. The van der Waals surface area contributed by atoms with Gasteiger partial charge in [0.05, 0.1) is 0 Å². The van der Waals surface area contributed by atoms with Gasteiger partial charge in [0.15, 0.2) is 0 Å². The number of rotatable bonds is 6. The average Bonchev–Trinajstić information content (AvgIpc) is 2.37. The molecule has 1 rings (SSSR count). The second kappa shape index (κ2) is 7.78. The fraction of sp³-hybridized carbons (Fsp3) is 0.933. The Bertz CT molecular complexity index is 247. The highest BCUT2D eigenvalue weighted by Crippen LogP contribution is 2.26. The third-order valence-electron chi connectivity index (χ3n) is 4.56. The molecule has 1 amide bonds. The van der Waals surface area contributed by atoms with Crippen LogP contribution in [-0.2, 0) is 4.79 Å². The minimum Gasteiger partial charge on any atom is -0.353 e. The molecule has 106 valence electrons. The van der Waals surface area contributed by atoms with E-state index < -0.39 is 0 Å². The van der Waals surface area contributed by atoms with Gasteiger partial charge in [-0.25, -0.2) is 0 Å². The number of carbonyl (C=O) groups excluding carboxylic acids is 1. The molecule has 3 nitrogen and oxygen atoms in total. The summed E-state index contributed by atoms with van der Waals surface area (Å²) in [5.41, 5.74) is 5.89. The van der Waals surface area contributed by atoms with Gasteiger partial charge in [-0.05, 0) is 50.9 Å². The number of hydrogen-bond donors (Lipinski definition) is 2. The van der Waals surface area contributed by atoms with Crippen molar-refractivity contribution in [2.45, 2.75) is 77.8 Å². The third-order valence-corrected chi connectivity index (χ3v) is 4.56. The van der Waals surface area contributed by atoms with Crippen molar-refractivity contribution in [2.75, 3.05) is 0 Å². The minimum absolute atomic E-state index is 0.220. The molecule has 1 saturated carbocycles. The normalized spacial score (nSPS) is 27.6. The van der Waals surface area contributed by atoms with Gasteiger partial charge in [-0.1, -0.05) is 20.3 Å². The van der Waals surface area contributed by atoms with E-state index in [1.807, 2.05) is 0 Å². The predicted molar refractivity (Wildman–Crippen MR) is 76.2 cm³/mol. The van der Waals surface area contributed by atoms with Crippen molar-refractivity contribution in [2.24, 2.45) is 17.6 Å². The molecule has 1 aliphatic rings. The molecule has 0 radical (unpaired) electrons. The van der Waals surface area contributed by atoms with Gasteiger partial charge in [0.2, 0.25) is 5.91 Å². The van der Waals surface area contributed by atoms with E-state index in [1.165, 1.54) is 12.8 Å². The van der Waals surface area contributed by atoms with Crippen molar-refractivity contribution < 1.29 is 4.79 Å². The van der Waals surface area contributed by atoms with Crippen LogP contribution in [0.15, 0.2) is 0 Å². The van der Waals surface area contributed by atoms with Gasteiger partial charge in [0.25, 0.3) is 0 Å². The van der Waals surface area contributed by atoms with E-state index in [-0.39, 0.29) is 5.91 Å². The van der Waals surface area contributed by atoms with Crippen LogP contribution >= 0.6 is 0 Å². The van der Waals surface area contributed by atoms with Crippen LogP contribution < -0.4 is 11.1 Å². The monoisotopic (exact) mass is 254 g/mol. The fourth-order valence-corrected chi connectivity index (χ4v) is 2.63. The van der Waals surface area contributed by atoms with Crippen LogP contribution in [0.1, 0.15) is 65.7 Å². The molecule has 0 spiro atoms. The molecule has 0 aromatic carbocycles. The molecule has 2 unspecified atom stereocenters. The molecule has 0 saturated heterocycles. The van der Waals surface area contributed by atoms with E-state index in [2.05, 4.69) is 26.1 Å². The first-order valence-electron chi connectivity index (χ1n) is 7.57. The van der Waals surface area contributed by atoms with Gasteiger partial charge in [-0.3, -0.25) is 4.79 Å². The molecule has 0 aromatic rings. The molecule has 18 heavy (non-hydrogen) atoms. The fourth-order valence-electron chi connectivity index (χ4n) is 2.63. The topological polar surface area (TPSA) is 55.1 Å². The molecular formula is C15H30N2O. The van der Waals surface area contributed by atoms with Crippen LogP contribution in [0.2, 0.25) is 0 Å². The first-order valence-corrected chi connectivity index (χ1v) is 7.57. The maximum Gasteiger partial charge on any atom is 0.220 e. The molecule has 2 atom stereocenters. The summed E-state index contributed by atoms with van der Waals surface area (Å²) in [6, 6.07) is 0.697. The maximum atomic E-state index is 11.8. The van der Waals surface area contributed by atoms with Crippen molar-refractivity contribution in [1.82, 2.24) is 5.32 Å². The summed E-state index contributed by atoms with van der Waals surface area (Å²) in [6.45, 7) is 6.46. The second-order valence-corrected chi connectivity index (χ2v) is 6.06. The molecule has 1 fully saturated rings. The zero-order valence-electron chi connectivity index (χ0n) is 12.2. The zero-order chi connectivity index (χ0) is 13.5. The summed E-state index contributed by atoms with van der Waals surface area (Å²) < 4.78 is 0. The Labute approximate surface area is 112 Å². The van der Waals surface area contributed by atoms with Gasteiger partial charge in [0, 0.05) is 18.5 Å². The molecule has 0 bridgehead atoms. The van der Waals surface area contributed by atoms with Crippen LogP contribution in [0, 0.1) is 11.8 Å². The quantitative estimate of drug-likeness (QED) is 0.766. The molecule has 3 N–H and O–H groups in total. The smallest absolute Gasteiger partial charge is 0.220 e. The summed E-state index contributed by atoms with van der Waals surface area (Å²) in [4.78, 5) is 11.8. The molecular weight excluding hydrogens is 224 g/mol. The SMILES string of the molecule is CCC(C)C(C)NC(=O)CCC1CCC(N)CC1. The highest BCUT2D eigenvalue weighted by molar-refractivity contribution is 5.76. The van der Waals surface area contributed by atoms with E-state index >= 15 is 0 Å². The zero-order valence-corrected chi connectivity index (χ0v) is 12.2. The Kier molecular flexibility index (Phi) is 6.69. The van der Waals surface area contributed by atoms with E-state index in [9.17, 15) is 4.79 Å². The number of nitrogens with two attached hydrogens (primary N) is 1. The van der Waals surface area contributed by atoms with Crippen LogP contribution in [0.4, 0.5) is 0 Å². The van der Waals surface area contributed by atoms with Gasteiger partial charge in [-0.2, -0.15) is 0 Å². The van der Waals surface area contributed by atoms with Gasteiger partial charge in [0.1, 0.15) is 0 Å². The van der Waals surface area contributed by atoms with E-state index in [4.69, 9.17) is 5.73 Å². The Morgan fingerprint density at radius 3 is 2.44 bits per heavy atom. The Hall–Kier alpha value is -0.570. The lowest BCUT2D eigenvalue weighted by atomic mass is 9.84. The highest BCUT2D eigenvalue weighted by atomic mass is 16.1. The van der Waals surface area contributed by atoms with Crippen LogP contribution in [0.25, 0.3) is 0 Å². The molecule has 0 aromatic heterocycles. The number of carbonyl (C=O) groups is 1. The number of amides is 1. The Morgan fingerprint density at radius 1 is 1.28 bits per heavy atom. The molecule has 0 aliphatic heterocycles. The van der Waals surface area contributed by atoms with Gasteiger partial charge in [-0.15, -0.1) is 0 Å². The summed E-state index contributed by atoms with van der Waals surface area (Å²) in [5, 5.41) is 3.12. The summed E-state index contributed by atoms with van der Waals surface area (Å²) >= 11 is 0. The van der Waals surface area contributed by atoms with Crippen molar-refractivity contribution in [3.05, 3.63) is 0 Å². The van der Waals surface area contributed by atoms with Crippen molar-refractivity contribution >= 4 is 5.91 Å². The van der Waals surface area contributed by atoms with Crippen LogP contribution in [0.5, 0.6) is 0 Å². The maximum absolute atomic E-state index is 11.8. The first kappa shape index (κ1) is 15.5. The standard InChI is InChI=1S/C15H30N2O/c1-4-11(2)12(3)17-15(18)10-7-13-5-8-14(16)9-6-13/h11-14H,4-10,16H2,1-3H3,(H,17,18). The van der Waals surface area contributed by atoms with Crippen LogP contribution in [0.3, 0.4) is 0 Å². The van der Waals surface area contributed by atoms with Gasteiger partial charge >= 0.3 is 0 Å². The van der Waals surface area contributed by atoms with Crippen molar-refractivity contribution in [3.63, 3.8) is 0 Å². The Morgan fingerprint density at radius 2 is 1.89 bits per heavy atom. The van der Waals surface area contributed by atoms with Gasteiger partial charge < -0.3 is 11.1 Å². The van der Waals surface area contributed by atoms with E-state index in [1.54, 1.807) is 0 Å². The van der Waals surface area contributed by atoms with E-state index in [0.717, 1.165) is 31.6 Å². The highest BCUT2D eigenvalue weighted by Gasteiger charge is 2.20. The first-order chi connectivity index (χ1) is 8.52. The molecule has 3 heteroatoms. The van der Waals surface area contributed by atoms with E-state index in [0.29, 0.717) is 24.4 Å².